The van der Waals surface area contributed by atoms with Gasteiger partial charge in [0.1, 0.15) is 17.0 Å². The Hall–Kier alpha value is -2.88. The molecule has 160 valence electrons. The number of halogens is 1. The summed E-state index contributed by atoms with van der Waals surface area (Å²) in [5, 5.41) is 8.68. The third kappa shape index (κ3) is 3.91. The monoisotopic (exact) mass is 433 g/mol. The van der Waals surface area contributed by atoms with E-state index in [-0.39, 0.29) is 6.09 Å². The lowest BCUT2D eigenvalue weighted by Gasteiger charge is -2.36. The molecule has 0 unspecified atom stereocenters. The summed E-state index contributed by atoms with van der Waals surface area (Å²) in [5.74, 6) is 0.994. The summed E-state index contributed by atoms with van der Waals surface area (Å²) in [6.45, 7) is 10.1. The lowest BCUT2D eigenvalue weighted by Crippen LogP contribution is -2.50. The van der Waals surface area contributed by atoms with Gasteiger partial charge in [-0.3, -0.25) is 4.40 Å². The maximum absolute atomic E-state index is 12.3. The number of rotatable bonds is 3. The van der Waals surface area contributed by atoms with Crippen LogP contribution in [-0.4, -0.2) is 73.9 Å². The molecule has 4 rings (SSSR count). The van der Waals surface area contributed by atoms with E-state index in [1.165, 1.54) is 0 Å². The van der Waals surface area contributed by atoms with E-state index in [4.69, 9.17) is 26.1 Å². The molecule has 0 aliphatic carbocycles. The van der Waals surface area contributed by atoms with Crippen molar-refractivity contribution in [3.63, 3.8) is 0 Å². The quantitative estimate of drug-likeness (QED) is 0.621. The summed E-state index contributed by atoms with van der Waals surface area (Å²) in [5.41, 5.74) is 1.27. The predicted octanol–water partition coefficient (Wildman–Crippen LogP) is 2.78. The molecule has 1 aliphatic heterocycles. The molecule has 0 atom stereocenters. The summed E-state index contributed by atoms with van der Waals surface area (Å²) in [7, 11) is 0. The van der Waals surface area contributed by atoms with E-state index in [1.54, 1.807) is 17.3 Å². The summed E-state index contributed by atoms with van der Waals surface area (Å²) < 4.78 is 12.8. The first-order chi connectivity index (χ1) is 14.3. The Kier molecular flexibility index (Phi) is 5.27. The number of hydrogen-bond donors (Lipinski definition) is 0. The first kappa shape index (κ1) is 20.4. The highest BCUT2D eigenvalue weighted by atomic mass is 35.5. The molecule has 0 spiro atoms. The second kappa shape index (κ2) is 7.75. The predicted molar refractivity (Wildman–Crippen MR) is 112 cm³/mol. The van der Waals surface area contributed by atoms with Crippen LogP contribution in [0.3, 0.4) is 0 Å². The number of fused-ring (bicyclic) bond motifs is 3. The number of nitrogens with zero attached hydrogens (tertiary/aromatic N) is 7. The van der Waals surface area contributed by atoms with Crippen molar-refractivity contribution >= 4 is 40.3 Å². The van der Waals surface area contributed by atoms with Crippen molar-refractivity contribution in [3.05, 3.63) is 17.4 Å². The zero-order chi connectivity index (χ0) is 21.5. The van der Waals surface area contributed by atoms with Crippen LogP contribution in [0.4, 0.5) is 10.6 Å². The summed E-state index contributed by atoms with van der Waals surface area (Å²) in [6, 6.07) is 1.75. The van der Waals surface area contributed by atoms with Crippen LogP contribution in [-0.2, 0) is 4.74 Å². The lowest BCUT2D eigenvalue weighted by molar-refractivity contribution is 0.0240. The fourth-order valence-corrected chi connectivity index (χ4v) is 3.50. The molecular weight excluding hydrogens is 410 g/mol. The molecule has 0 N–H and O–H groups in total. The van der Waals surface area contributed by atoms with Gasteiger partial charge in [0, 0.05) is 26.2 Å². The average Bonchev–Trinajstić information content (AvgIpc) is 3.17. The van der Waals surface area contributed by atoms with Crippen molar-refractivity contribution in [2.45, 2.75) is 33.3 Å². The molecule has 1 saturated heterocycles. The van der Waals surface area contributed by atoms with Crippen molar-refractivity contribution in [2.75, 3.05) is 37.7 Å². The molecule has 0 bridgehead atoms. The first-order valence-corrected chi connectivity index (χ1v) is 10.2. The Bertz CT molecular complexity index is 1090. The van der Waals surface area contributed by atoms with E-state index < -0.39 is 5.60 Å². The van der Waals surface area contributed by atoms with Crippen LogP contribution in [0.5, 0.6) is 5.88 Å². The highest BCUT2D eigenvalue weighted by Gasteiger charge is 2.28. The van der Waals surface area contributed by atoms with E-state index in [0.717, 1.165) is 0 Å². The SMILES string of the molecule is CCOc1nc2nc(N3CCN(C(=O)OC(C)(C)C)CC3)c3nncn3c2cc1Cl. The Morgan fingerprint density at radius 2 is 1.93 bits per heavy atom. The molecule has 1 fully saturated rings. The number of carbonyl (C=O) groups is 1. The van der Waals surface area contributed by atoms with Crippen LogP contribution in [0, 0.1) is 0 Å². The van der Waals surface area contributed by atoms with E-state index in [2.05, 4.69) is 20.1 Å². The van der Waals surface area contributed by atoms with E-state index >= 15 is 0 Å². The van der Waals surface area contributed by atoms with Gasteiger partial charge in [-0.2, -0.15) is 4.98 Å². The van der Waals surface area contributed by atoms with Crippen LogP contribution in [0.25, 0.3) is 16.8 Å². The molecule has 3 aromatic heterocycles. The zero-order valence-corrected chi connectivity index (χ0v) is 18.2. The van der Waals surface area contributed by atoms with Crippen LogP contribution >= 0.6 is 11.6 Å². The number of ether oxygens (including phenoxy) is 2. The van der Waals surface area contributed by atoms with E-state index in [9.17, 15) is 4.79 Å². The maximum atomic E-state index is 12.3. The Labute approximate surface area is 178 Å². The molecule has 3 aromatic rings. The summed E-state index contributed by atoms with van der Waals surface area (Å²) >= 11 is 6.30. The molecule has 10 nitrogen and oxygen atoms in total. The lowest BCUT2D eigenvalue weighted by atomic mass is 10.2. The molecule has 30 heavy (non-hydrogen) atoms. The topological polar surface area (TPSA) is 98.0 Å². The minimum absolute atomic E-state index is 0.307. The van der Waals surface area contributed by atoms with Crippen molar-refractivity contribution < 1.29 is 14.3 Å². The van der Waals surface area contributed by atoms with Crippen LogP contribution in [0.15, 0.2) is 12.4 Å². The van der Waals surface area contributed by atoms with Gasteiger partial charge in [-0.25, -0.2) is 9.78 Å². The number of aromatic nitrogens is 5. The second-order valence-electron chi connectivity index (χ2n) is 7.97. The van der Waals surface area contributed by atoms with E-state index in [0.29, 0.717) is 66.3 Å². The molecule has 0 aromatic carbocycles. The molecule has 11 heteroatoms. The van der Waals surface area contributed by atoms with Crippen molar-refractivity contribution in [1.82, 2.24) is 29.5 Å². The molecule has 1 amide bonds. The molecule has 0 radical (unpaired) electrons. The average molecular weight is 434 g/mol. The molecule has 0 saturated carbocycles. The van der Waals surface area contributed by atoms with Gasteiger partial charge in [0.15, 0.2) is 11.5 Å². The Morgan fingerprint density at radius 3 is 2.60 bits per heavy atom. The van der Waals surface area contributed by atoms with E-state index in [1.807, 2.05) is 32.1 Å². The molecule has 4 heterocycles. The van der Waals surface area contributed by atoms with Crippen molar-refractivity contribution in [3.8, 4) is 5.88 Å². The second-order valence-corrected chi connectivity index (χ2v) is 8.37. The van der Waals surface area contributed by atoms with Gasteiger partial charge in [-0.15, -0.1) is 10.2 Å². The third-order valence-corrected chi connectivity index (χ3v) is 4.91. The van der Waals surface area contributed by atoms with Crippen LogP contribution in [0.2, 0.25) is 5.02 Å². The minimum Gasteiger partial charge on any atom is -0.477 e. The Balaban J connectivity index is 1.63. The zero-order valence-electron chi connectivity index (χ0n) is 17.4. The largest absolute Gasteiger partial charge is 0.477 e. The maximum Gasteiger partial charge on any atom is 0.410 e. The van der Waals surface area contributed by atoms with Crippen molar-refractivity contribution in [2.24, 2.45) is 0 Å². The van der Waals surface area contributed by atoms with Gasteiger partial charge in [-0.05, 0) is 33.8 Å². The number of pyridine rings is 1. The van der Waals surface area contributed by atoms with Crippen LogP contribution in [0.1, 0.15) is 27.7 Å². The van der Waals surface area contributed by atoms with Gasteiger partial charge in [0.05, 0.1) is 12.1 Å². The van der Waals surface area contributed by atoms with Crippen LogP contribution < -0.4 is 9.64 Å². The van der Waals surface area contributed by atoms with Gasteiger partial charge in [0.2, 0.25) is 11.5 Å². The fourth-order valence-electron chi connectivity index (χ4n) is 3.30. The highest BCUT2D eigenvalue weighted by molar-refractivity contribution is 6.32. The number of amides is 1. The minimum atomic E-state index is -0.521. The number of hydrogen-bond acceptors (Lipinski definition) is 8. The standard InChI is InChI=1S/C19H24ClN7O3/c1-5-29-17-12(20)10-13-14(23-17)22-15(16-24-21-11-27(13)16)25-6-8-26(9-7-25)18(28)30-19(2,3)4/h10-11H,5-9H2,1-4H3. The summed E-state index contributed by atoms with van der Waals surface area (Å²) in [6.07, 6.45) is 1.30. The van der Waals surface area contributed by atoms with Gasteiger partial charge < -0.3 is 19.3 Å². The number of anilines is 1. The smallest absolute Gasteiger partial charge is 0.410 e. The number of carbonyl (C=O) groups excluding carboxylic acids is 1. The normalized spacial score (nSPS) is 15.1. The fraction of sp³-hybridized carbons (Fsp3) is 0.526. The van der Waals surface area contributed by atoms with Gasteiger partial charge >= 0.3 is 6.09 Å². The van der Waals surface area contributed by atoms with Crippen molar-refractivity contribution in [1.29, 1.82) is 0 Å². The highest BCUT2D eigenvalue weighted by Crippen LogP contribution is 2.29. The Morgan fingerprint density at radius 1 is 1.20 bits per heavy atom. The molecular formula is C19H24ClN7O3. The molecule has 1 aliphatic rings. The first-order valence-electron chi connectivity index (χ1n) is 9.82. The number of piperazine rings is 1. The summed E-state index contributed by atoms with van der Waals surface area (Å²) in [4.78, 5) is 25.3. The van der Waals surface area contributed by atoms with Gasteiger partial charge in [0.25, 0.3) is 0 Å². The third-order valence-electron chi connectivity index (χ3n) is 4.64. The van der Waals surface area contributed by atoms with Gasteiger partial charge in [-0.1, -0.05) is 11.6 Å².